The molecular weight excluding hydrogens is 382 g/mol. The highest BCUT2D eigenvalue weighted by molar-refractivity contribution is 6.01. The van der Waals surface area contributed by atoms with Crippen LogP contribution in [0.2, 0.25) is 0 Å². The maximum Gasteiger partial charge on any atom is 0.303 e. The zero-order valence-corrected chi connectivity index (χ0v) is 16.1. The van der Waals surface area contributed by atoms with Crippen molar-refractivity contribution in [2.24, 2.45) is 5.73 Å². The molecule has 2 amide bonds. The van der Waals surface area contributed by atoms with Crippen LogP contribution in [0, 0.1) is 0 Å². The van der Waals surface area contributed by atoms with E-state index in [1.807, 2.05) is 0 Å². The molecule has 10 heteroatoms. The van der Waals surface area contributed by atoms with E-state index >= 15 is 0 Å². The highest BCUT2D eigenvalue weighted by Gasteiger charge is 2.35. The first-order valence-corrected chi connectivity index (χ1v) is 9.21. The summed E-state index contributed by atoms with van der Waals surface area (Å²) in [7, 11) is 0. The number of hydrogen-bond acceptors (Lipinski definition) is 6. The van der Waals surface area contributed by atoms with Crippen LogP contribution in [-0.2, 0) is 20.9 Å². The van der Waals surface area contributed by atoms with E-state index in [1.165, 1.54) is 4.90 Å². The number of ether oxygens (including phenoxy) is 1. The number of nitrogens with zero attached hydrogens (tertiary/aromatic N) is 1. The van der Waals surface area contributed by atoms with Crippen molar-refractivity contribution < 1.29 is 34.1 Å². The molecule has 1 saturated heterocycles. The molecule has 1 fully saturated rings. The molecule has 0 bridgehead atoms. The van der Waals surface area contributed by atoms with Gasteiger partial charge < -0.3 is 30.9 Å². The SMILES string of the molecule is CC(=O)O.NC(=O)C(CCC(=O)O)N1Cc2cc(O[C@H]3CCNC3)ccc2C1=O. The molecular formula is C19H25N3O7. The maximum absolute atomic E-state index is 12.6. The zero-order valence-electron chi connectivity index (χ0n) is 16.1. The summed E-state index contributed by atoms with van der Waals surface area (Å²) in [4.78, 5) is 45.4. The first kappa shape index (κ1) is 22.2. The van der Waals surface area contributed by atoms with Crippen LogP contribution in [0.4, 0.5) is 0 Å². The van der Waals surface area contributed by atoms with Crippen molar-refractivity contribution in [1.82, 2.24) is 10.2 Å². The number of aliphatic carboxylic acids is 2. The average Bonchev–Trinajstić information content (AvgIpc) is 3.23. The number of carbonyl (C=O) groups is 4. The van der Waals surface area contributed by atoms with Crippen molar-refractivity contribution in [2.75, 3.05) is 13.1 Å². The van der Waals surface area contributed by atoms with Gasteiger partial charge in [0.25, 0.3) is 11.9 Å². The molecule has 0 radical (unpaired) electrons. The quantitative estimate of drug-likeness (QED) is 0.498. The number of nitrogens with two attached hydrogens (primary N) is 1. The second-order valence-electron chi connectivity index (χ2n) is 6.85. The lowest BCUT2D eigenvalue weighted by Crippen LogP contribution is -2.45. The molecule has 0 saturated carbocycles. The summed E-state index contributed by atoms with van der Waals surface area (Å²) in [6.45, 7) is 3.02. The van der Waals surface area contributed by atoms with Crippen LogP contribution in [0.15, 0.2) is 18.2 Å². The highest BCUT2D eigenvalue weighted by atomic mass is 16.5. The van der Waals surface area contributed by atoms with Gasteiger partial charge in [0.15, 0.2) is 0 Å². The third kappa shape index (κ3) is 6.18. The molecule has 0 spiro atoms. The van der Waals surface area contributed by atoms with Crippen molar-refractivity contribution in [3.8, 4) is 5.75 Å². The fraction of sp³-hybridized carbons (Fsp3) is 0.474. The summed E-state index contributed by atoms with van der Waals surface area (Å²) >= 11 is 0. The van der Waals surface area contributed by atoms with Gasteiger partial charge in [-0.15, -0.1) is 0 Å². The molecule has 1 aromatic carbocycles. The number of carbonyl (C=O) groups excluding carboxylic acids is 2. The van der Waals surface area contributed by atoms with Crippen LogP contribution in [0.25, 0.3) is 0 Å². The van der Waals surface area contributed by atoms with E-state index in [1.54, 1.807) is 18.2 Å². The van der Waals surface area contributed by atoms with Crippen molar-refractivity contribution in [3.63, 3.8) is 0 Å². The minimum atomic E-state index is -1.03. The molecule has 1 unspecified atom stereocenters. The summed E-state index contributed by atoms with van der Waals surface area (Å²) < 4.78 is 5.90. The Morgan fingerprint density at radius 1 is 1.34 bits per heavy atom. The van der Waals surface area contributed by atoms with Crippen LogP contribution >= 0.6 is 0 Å². The second-order valence-corrected chi connectivity index (χ2v) is 6.85. The number of rotatable bonds is 7. The van der Waals surface area contributed by atoms with Crippen LogP contribution < -0.4 is 15.8 Å². The Kier molecular flexibility index (Phi) is 7.54. The lowest BCUT2D eigenvalue weighted by molar-refractivity contribution is -0.138. The molecule has 2 atom stereocenters. The van der Waals surface area contributed by atoms with Gasteiger partial charge in [-0.2, -0.15) is 0 Å². The Morgan fingerprint density at radius 2 is 2.03 bits per heavy atom. The Hall–Kier alpha value is -3.14. The zero-order chi connectivity index (χ0) is 21.6. The van der Waals surface area contributed by atoms with Gasteiger partial charge in [0.05, 0.1) is 0 Å². The highest BCUT2D eigenvalue weighted by Crippen LogP contribution is 2.30. The van der Waals surface area contributed by atoms with Gasteiger partial charge in [-0.05, 0) is 43.1 Å². The molecule has 2 aliphatic rings. The molecule has 2 heterocycles. The molecule has 2 aliphatic heterocycles. The van der Waals surface area contributed by atoms with E-state index in [4.69, 9.17) is 25.5 Å². The molecule has 3 rings (SSSR count). The Morgan fingerprint density at radius 3 is 2.59 bits per heavy atom. The summed E-state index contributed by atoms with van der Waals surface area (Å²) in [6, 6.07) is 4.31. The van der Waals surface area contributed by atoms with E-state index in [-0.39, 0.29) is 31.4 Å². The van der Waals surface area contributed by atoms with E-state index in [0.717, 1.165) is 32.0 Å². The van der Waals surface area contributed by atoms with Crippen LogP contribution in [-0.4, -0.2) is 64.1 Å². The topological polar surface area (TPSA) is 159 Å². The first-order valence-electron chi connectivity index (χ1n) is 9.21. The smallest absolute Gasteiger partial charge is 0.303 e. The van der Waals surface area contributed by atoms with Crippen molar-refractivity contribution in [2.45, 2.75) is 44.9 Å². The maximum atomic E-state index is 12.6. The largest absolute Gasteiger partial charge is 0.489 e. The van der Waals surface area contributed by atoms with Crippen LogP contribution in [0.3, 0.4) is 0 Å². The van der Waals surface area contributed by atoms with Crippen molar-refractivity contribution in [1.29, 1.82) is 0 Å². The summed E-state index contributed by atoms with van der Waals surface area (Å²) in [5.74, 6) is -2.19. The average molecular weight is 407 g/mol. The Bertz CT molecular complexity index is 786. The van der Waals surface area contributed by atoms with Gasteiger partial charge in [0.1, 0.15) is 17.9 Å². The number of primary amides is 1. The second kappa shape index (κ2) is 9.87. The lowest BCUT2D eigenvalue weighted by atomic mass is 10.1. The fourth-order valence-corrected chi connectivity index (χ4v) is 3.28. The van der Waals surface area contributed by atoms with Crippen molar-refractivity contribution in [3.05, 3.63) is 29.3 Å². The van der Waals surface area contributed by atoms with Gasteiger partial charge in [0.2, 0.25) is 5.91 Å². The molecule has 5 N–H and O–H groups in total. The monoisotopic (exact) mass is 407 g/mol. The predicted molar refractivity (Wildman–Crippen MR) is 101 cm³/mol. The van der Waals surface area contributed by atoms with E-state index in [0.29, 0.717) is 11.3 Å². The number of hydrogen-bond donors (Lipinski definition) is 4. The van der Waals surface area contributed by atoms with Crippen LogP contribution in [0.5, 0.6) is 5.75 Å². The molecule has 0 aromatic heterocycles. The molecule has 0 aliphatic carbocycles. The molecule has 10 nitrogen and oxygen atoms in total. The van der Waals surface area contributed by atoms with Gasteiger partial charge in [0, 0.05) is 32.0 Å². The number of amides is 2. The number of fused-ring (bicyclic) bond motifs is 1. The van der Waals surface area contributed by atoms with E-state index in [2.05, 4.69) is 5.32 Å². The lowest BCUT2D eigenvalue weighted by Gasteiger charge is -2.24. The van der Waals surface area contributed by atoms with Gasteiger partial charge in [-0.3, -0.25) is 19.2 Å². The summed E-state index contributed by atoms with van der Waals surface area (Å²) in [5, 5.41) is 19.5. The normalized spacial score (nSPS) is 18.4. The number of carboxylic acids is 2. The van der Waals surface area contributed by atoms with Gasteiger partial charge in [-0.25, -0.2) is 0 Å². The number of benzene rings is 1. The standard InChI is InChI=1S/C17H21N3O5.C2H4O2/c18-16(23)14(3-4-15(21)22)20-9-10-7-11(1-2-13(10)17(20)24)25-12-5-6-19-8-12;1-2(3)4/h1-2,7,12,14,19H,3-6,8-9H2,(H2,18,23)(H,21,22);1H3,(H,3,4)/t12-,14?;/m0./s1. The summed E-state index contributed by atoms with van der Waals surface area (Å²) in [6.07, 6.45) is 0.819. The van der Waals surface area contributed by atoms with Gasteiger partial charge in [-0.1, -0.05) is 0 Å². The third-order valence-corrected chi connectivity index (χ3v) is 4.56. The van der Waals surface area contributed by atoms with E-state index in [9.17, 15) is 14.4 Å². The minimum absolute atomic E-state index is 0.00148. The fourth-order valence-electron chi connectivity index (χ4n) is 3.28. The third-order valence-electron chi connectivity index (χ3n) is 4.56. The Labute approximate surface area is 167 Å². The van der Waals surface area contributed by atoms with Crippen molar-refractivity contribution >= 4 is 23.8 Å². The van der Waals surface area contributed by atoms with Gasteiger partial charge >= 0.3 is 5.97 Å². The molecule has 1 aromatic rings. The molecule has 29 heavy (non-hydrogen) atoms. The number of carboxylic acid groups (broad SMARTS) is 2. The Balaban J connectivity index is 0.000000687. The molecule has 158 valence electrons. The van der Waals surface area contributed by atoms with E-state index < -0.39 is 23.9 Å². The summed E-state index contributed by atoms with van der Waals surface area (Å²) in [5.41, 5.74) is 6.64. The first-order chi connectivity index (χ1) is 13.7. The predicted octanol–water partition coefficient (Wildman–Crippen LogP) is 0.193. The van der Waals surface area contributed by atoms with Crippen LogP contribution in [0.1, 0.15) is 42.1 Å². The number of nitrogens with one attached hydrogen (secondary N) is 1. The minimum Gasteiger partial charge on any atom is -0.489 e.